The standard InChI is InChI=1S/C17H19ClN2O4/c18-12-2-1-3-13(8-12)20-6-4-19(5-7-20)10-16-17(23)15(22)9-14(11-21)24-16/h1-3,8-9,21,23H,4-7,10-11H2. The highest BCUT2D eigenvalue weighted by Crippen LogP contribution is 2.22. The average molecular weight is 351 g/mol. The lowest BCUT2D eigenvalue weighted by Crippen LogP contribution is -2.46. The molecular formula is C17H19ClN2O4. The fourth-order valence-electron chi connectivity index (χ4n) is 2.81. The average Bonchev–Trinajstić information content (AvgIpc) is 2.59. The Morgan fingerprint density at radius 2 is 1.92 bits per heavy atom. The predicted molar refractivity (Wildman–Crippen MR) is 91.5 cm³/mol. The highest BCUT2D eigenvalue weighted by atomic mass is 35.5. The van der Waals surface area contributed by atoms with Gasteiger partial charge in [0.1, 0.15) is 12.4 Å². The number of aliphatic hydroxyl groups is 1. The molecule has 0 aliphatic carbocycles. The van der Waals surface area contributed by atoms with Gasteiger partial charge < -0.3 is 19.5 Å². The number of aliphatic hydroxyl groups excluding tert-OH is 1. The van der Waals surface area contributed by atoms with E-state index in [2.05, 4.69) is 9.80 Å². The molecule has 0 saturated carbocycles. The molecule has 1 fully saturated rings. The summed E-state index contributed by atoms with van der Waals surface area (Å²) in [4.78, 5) is 16.0. The summed E-state index contributed by atoms with van der Waals surface area (Å²) in [6, 6.07) is 8.84. The van der Waals surface area contributed by atoms with E-state index in [1.54, 1.807) is 0 Å². The molecule has 2 aromatic rings. The van der Waals surface area contributed by atoms with Crippen molar-refractivity contribution < 1.29 is 14.6 Å². The molecule has 24 heavy (non-hydrogen) atoms. The first-order valence-electron chi connectivity index (χ1n) is 7.75. The van der Waals surface area contributed by atoms with Crippen molar-refractivity contribution in [3.63, 3.8) is 0 Å². The zero-order valence-electron chi connectivity index (χ0n) is 13.1. The Balaban J connectivity index is 1.66. The summed E-state index contributed by atoms with van der Waals surface area (Å²) < 4.78 is 5.40. The molecule has 0 spiro atoms. The van der Waals surface area contributed by atoms with Crippen LogP contribution in [0.15, 0.2) is 39.5 Å². The van der Waals surface area contributed by atoms with Crippen molar-refractivity contribution >= 4 is 17.3 Å². The molecule has 0 unspecified atom stereocenters. The second-order valence-electron chi connectivity index (χ2n) is 5.75. The molecule has 3 rings (SSSR count). The molecule has 1 saturated heterocycles. The van der Waals surface area contributed by atoms with Gasteiger partial charge in [-0.15, -0.1) is 0 Å². The van der Waals surface area contributed by atoms with Crippen LogP contribution in [0.4, 0.5) is 5.69 Å². The van der Waals surface area contributed by atoms with Crippen molar-refractivity contribution in [1.82, 2.24) is 4.90 Å². The van der Waals surface area contributed by atoms with Gasteiger partial charge in [-0.05, 0) is 18.2 Å². The third-order valence-electron chi connectivity index (χ3n) is 4.11. The smallest absolute Gasteiger partial charge is 0.227 e. The maximum Gasteiger partial charge on any atom is 0.227 e. The summed E-state index contributed by atoms with van der Waals surface area (Å²) in [5.41, 5.74) is 0.552. The van der Waals surface area contributed by atoms with Crippen molar-refractivity contribution in [2.75, 3.05) is 31.1 Å². The first-order chi connectivity index (χ1) is 11.6. The van der Waals surface area contributed by atoms with E-state index < -0.39 is 5.43 Å². The third-order valence-corrected chi connectivity index (χ3v) is 4.35. The summed E-state index contributed by atoms with van der Waals surface area (Å²) in [5, 5.41) is 19.7. The lowest BCUT2D eigenvalue weighted by molar-refractivity contribution is 0.200. The van der Waals surface area contributed by atoms with Gasteiger partial charge in [0, 0.05) is 43.0 Å². The second kappa shape index (κ2) is 7.25. The van der Waals surface area contributed by atoms with Gasteiger partial charge in [0.2, 0.25) is 11.2 Å². The van der Waals surface area contributed by atoms with Crippen LogP contribution in [0.2, 0.25) is 5.02 Å². The summed E-state index contributed by atoms with van der Waals surface area (Å²) in [7, 11) is 0. The van der Waals surface area contributed by atoms with Crippen LogP contribution in [0.3, 0.4) is 0 Å². The number of aromatic hydroxyl groups is 1. The van der Waals surface area contributed by atoms with Gasteiger partial charge in [-0.25, -0.2) is 0 Å². The number of benzene rings is 1. The van der Waals surface area contributed by atoms with Crippen molar-refractivity contribution in [3.8, 4) is 5.75 Å². The Hall–Kier alpha value is -2.02. The van der Waals surface area contributed by atoms with Crippen LogP contribution in [0.1, 0.15) is 11.5 Å². The Kier molecular flexibility index (Phi) is 5.08. The van der Waals surface area contributed by atoms with E-state index in [0.717, 1.165) is 37.9 Å². The van der Waals surface area contributed by atoms with Crippen LogP contribution in [-0.2, 0) is 13.2 Å². The van der Waals surface area contributed by atoms with E-state index in [0.29, 0.717) is 11.6 Å². The van der Waals surface area contributed by atoms with E-state index >= 15 is 0 Å². The summed E-state index contributed by atoms with van der Waals surface area (Å²) in [6.07, 6.45) is 0. The largest absolute Gasteiger partial charge is 0.502 e. The maximum atomic E-state index is 11.7. The number of piperazine rings is 1. The first kappa shape index (κ1) is 16.8. The highest BCUT2D eigenvalue weighted by Gasteiger charge is 2.20. The minimum absolute atomic E-state index is 0.158. The second-order valence-corrected chi connectivity index (χ2v) is 6.19. The number of nitrogens with zero attached hydrogens (tertiary/aromatic N) is 2. The van der Waals surface area contributed by atoms with E-state index in [9.17, 15) is 9.90 Å². The summed E-state index contributed by atoms with van der Waals surface area (Å²) in [5.74, 6) is -0.0300. The van der Waals surface area contributed by atoms with E-state index in [1.807, 2.05) is 24.3 Å². The molecule has 1 aromatic carbocycles. The minimum Gasteiger partial charge on any atom is -0.502 e. The van der Waals surface area contributed by atoms with Crippen LogP contribution in [0.25, 0.3) is 0 Å². The summed E-state index contributed by atoms with van der Waals surface area (Å²) >= 11 is 6.03. The first-order valence-corrected chi connectivity index (χ1v) is 8.13. The van der Waals surface area contributed by atoms with Crippen molar-refractivity contribution in [2.24, 2.45) is 0 Å². The topological polar surface area (TPSA) is 77.2 Å². The third kappa shape index (κ3) is 3.72. The van der Waals surface area contributed by atoms with Gasteiger partial charge in [0.05, 0.1) is 6.54 Å². The lowest BCUT2D eigenvalue weighted by atomic mass is 10.2. The van der Waals surface area contributed by atoms with Crippen LogP contribution < -0.4 is 10.3 Å². The Labute approximate surface area is 144 Å². The van der Waals surface area contributed by atoms with Crippen LogP contribution in [-0.4, -0.2) is 41.3 Å². The van der Waals surface area contributed by atoms with Gasteiger partial charge in [-0.3, -0.25) is 9.69 Å². The fourth-order valence-corrected chi connectivity index (χ4v) is 3.00. The molecule has 1 aliphatic rings. The molecule has 0 radical (unpaired) electrons. The Bertz CT molecular complexity index is 769. The SMILES string of the molecule is O=c1cc(CO)oc(CN2CCN(c3cccc(Cl)c3)CC2)c1O. The molecule has 2 N–H and O–H groups in total. The van der Waals surface area contributed by atoms with Gasteiger partial charge in [-0.1, -0.05) is 17.7 Å². The normalized spacial score (nSPS) is 15.7. The Morgan fingerprint density at radius 3 is 2.58 bits per heavy atom. The Morgan fingerprint density at radius 1 is 1.17 bits per heavy atom. The molecule has 6 nitrogen and oxygen atoms in total. The fraction of sp³-hybridized carbons (Fsp3) is 0.353. The van der Waals surface area contributed by atoms with E-state index in [-0.39, 0.29) is 23.9 Å². The van der Waals surface area contributed by atoms with Gasteiger partial charge in [0.15, 0.2) is 5.76 Å². The van der Waals surface area contributed by atoms with E-state index in [4.69, 9.17) is 21.1 Å². The molecule has 0 bridgehead atoms. The molecule has 2 heterocycles. The molecule has 1 aromatic heterocycles. The number of hydrogen-bond acceptors (Lipinski definition) is 6. The zero-order chi connectivity index (χ0) is 17.1. The predicted octanol–water partition coefficient (Wildman–Crippen LogP) is 1.81. The van der Waals surface area contributed by atoms with Crippen LogP contribution in [0.5, 0.6) is 5.75 Å². The van der Waals surface area contributed by atoms with E-state index in [1.165, 1.54) is 0 Å². The molecule has 1 aliphatic heterocycles. The highest BCUT2D eigenvalue weighted by molar-refractivity contribution is 6.30. The monoisotopic (exact) mass is 350 g/mol. The molecule has 128 valence electrons. The zero-order valence-corrected chi connectivity index (χ0v) is 13.9. The number of halogens is 1. The molecule has 7 heteroatoms. The van der Waals surface area contributed by atoms with Crippen molar-refractivity contribution in [1.29, 1.82) is 0 Å². The molecule has 0 atom stereocenters. The van der Waals surface area contributed by atoms with Crippen LogP contribution >= 0.6 is 11.6 Å². The summed E-state index contributed by atoms with van der Waals surface area (Å²) in [6.45, 7) is 3.11. The van der Waals surface area contributed by atoms with Crippen molar-refractivity contribution in [2.45, 2.75) is 13.2 Å². The number of rotatable bonds is 4. The van der Waals surface area contributed by atoms with Crippen LogP contribution in [0, 0.1) is 0 Å². The van der Waals surface area contributed by atoms with Crippen molar-refractivity contribution in [3.05, 3.63) is 57.1 Å². The number of anilines is 1. The van der Waals surface area contributed by atoms with Gasteiger partial charge >= 0.3 is 0 Å². The quantitative estimate of drug-likeness (QED) is 0.875. The molecule has 0 amide bonds. The van der Waals surface area contributed by atoms with Gasteiger partial charge in [-0.2, -0.15) is 0 Å². The maximum absolute atomic E-state index is 11.7. The minimum atomic E-state index is -0.530. The van der Waals surface area contributed by atoms with Gasteiger partial charge in [0.25, 0.3) is 0 Å². The number of hydrogen-bond donors (Lipinski definition) is 2. The molecular weight excluding hydrogens is 332 g/mol. The lowest BCUT2D eigenvalue weighted by Gasteiger charge is -2.35.